The molecule has 1 unspecified atom stereocenters. The Bertz CT molecular complexity index is 202. The number of carbonyl (C=O) groups is 1. The van der Waals surface area contributed by atoms with Crippen LogP contribution in [0.15, 0.2) is 0 Å². The molecule has 1 atom stereocenters. The molecular weight excluding hydrogens is 222 g/mol. The average molecular weight is 247 g/mol. The van der Waals surface area contributed by atoms with Crippen molar-refractivity contribution in [2.24, 2.45) is 0 Å². The maximum atomic E-state index is 11.3. The van der Waals surface area contributed by atoms with Gasteiger partial charge in [0.1, 0.15) is 5.60 Å². The fraction of sp³-hybridized carbons (Fsp3) is 0.917. The molecule has 0 saturated heterocycles. The lowest BCUT2D eigenvalue weighted by Gasteiger charge is -2.20. The number of carbonyl (C=O) groups excluding carboxylic acids is 1. The molecule has 0 fully saturated rings. The van der Waals surface area contributed by atoms with E-state index in [1.54, 1.807) is 0 Å². The summed E-state index contributed by atoms with van der Waals surface area (Å²) in [6, 6.07) is 0. The van der Waals surface area contributed by atoms with Crippen LogP contribution in [0.4, 0.5) is 4.79 Å². The van der Waals surface area contributed by atoms with Gasteiger partial charge in [0, 0.05) is 11.8 Å². The highest BCUT2D eigenvalue weighted by Crippen LogP contribution is 2.14. The van der Waals surface area contributed by atoms with E-state index in [0.29, 0.717) is 11.8 Å². The molecule has 0 aliphatic carbocycles. The first-order valence-electron chi connectivity index (χ1n) is 5.93. The van der Waals surface area contributed by atoms with Gasteiger partial charge in [-0.15, -0.1) is 0 Å². The van der Waals surface area contributed by atoms with Crippen LogP contribution in [0.2, 0.25) is 0 Å². The molecule has 0 spiro atoms. The van der Waals surface area contributed by atoms with Gasteiger partial charge in [0.05, 0.1) is 0 Å². The number of amides is 1. The molecule has 3 nitrogen and oxygen atoms in total. The standard InChI is InChI=1S/C12H25NO2S/c1-6-9-16-10(2)7-8-13-11(14)15-12(3,4)5/h10H,6-9H2,1-5H3,(H,13,14). The van der Waals surface area contributed by atoms with Crippen molar-refractivity contribution in [2.45, 2.75) is 58.3 Å². The van der Waals surface area contributed by atoms with Gasteiger partial charge >= 0.3 is 6.09 Å². The summed E-state index contributed by atoms with van der Waals surface area (Å²) in [4.78, 5) is 11.3. The maximum Gasteiger partial charge on any atom is 0.407 e. The SMILES string of the molecule is CCCSC(C)CCNC(=O)OC(C)(C)C. The molecule has 0 aromatic heterocycles. The maximum absolute atomic E-state index is 11.3. The molecule has 0 radical (unpaired) electrons. The summed E-state index contributed by atoms with van der Waals surface area (Å²) in [5, 5.41) is 3.36. The highest BCUT2D eigenvalue weighted by molar-refractivity contribution is 7.99. The predicted octanol–water partition coefficient (Wildman–Crippen LogP) is 3.43. The van der Waals surface area contributed by atoms with Crippen molar-refractivity contribution in [2.75, 3.05) is 12.3 Å². The second-order valence-corrected chi connectivity index (χ2v) is 6.45. The molecule has 0 aromatic carbocycles. The molecule has 0 rings (SSSR count). The third-order valence-electron chi connectivity index (χ3n) is 1.83. The molecular formula is C12H25NO2S. The van der Waals surface area contributed by atoms with E-state index in [1.165, 1.54) is 12.2 Å². The molecule has 0 saturated carbocycles. The van der Waals surface area contributed by atoms with Crippen LogP contribution in [0.25, 0.3) is 0 Å². The van der Waals surface area contributed by atoms with Gasteiger partial charge in [-0.3, -0.25) is 0 Å². The summed E-state index contributed by atoms with van der Waals surface area (Å²) in [6.45, 7) is 10.7. The number of thioether (sulfide) groups is 1. The van der Waals surface area contributed by atoms with Gasteiger partial charge in [0.2, 0.25) is 0 Å². The smallest absolute Gasteiger partial charge is 0.407 e. The molecule has 0 heterocycles. The number of alkyl carbamates (subject to hydrolysis) is 1. The summed E-state index contributed by atoms with van der Waals surface area (Å²) in [5.41, 5.74) is -0.410. The first-order valence-corrected chi connectivity index (χ1v) is 6.98. The van der Waals surface area contributed by atoms with Crippen LogP contribution in [0.3, 0.4) is 0 Å². The minimum Gasteiger partial charge on any atom is -0.444 e. The van der Waals surface area contributed by atoms with Crippen LogP contribution >= 0.6 is 11.8 Å². The van der Waals surface area contributed by atoms with Gasteiger partial charge < -0.3 is 10.1 Å². The van der Waals surface area contributed by atoms with Crippen LogP contribution in [0, 0.1) is 0 Å². The van der Waals surface area contributed by atoms with Gasteiger partial charge in [-0.25, -0.2) is 4.79 Å². The minimum atomic E-state index is -0.410. The van der Waals surface area contributed by atoms with E-state index in [-0.39, 0.29) is 6.09 Å². The Morgan fingerprint density at radius 2 is 2.06 bits per heavy atom. The van der Waals surface area contributed by atoms with Crippen molar-refractivity contribution < 1.29 is 9.53 Å². The van der Waals surface area contributed by atoms with Gasteiger partial charge in [-0.2, -0.15) is 11.8 Å². The van der Waals surface area contributed by atoms with E-state index in [9.17, 15) is 4.79 Å². The summed E-state index contributed by atoms with van der Waals surface area (Å²) < 4.78 is 5.14. The quantitative estimate of drug-likeness (QED) is 0.781. The van der Waals surface area contributed by atoms with Crippen LogP contribution in [0.1, 0.15) is 47.5 Å². The van der Waals surface area contributed by atoms with Gasteiger partial charge in [0.15, 0.2) is 0 Å². The Labute approximate surface area is 104 Å². The lowest BCUT2D eigenvalue weighted by molar-refractivity contribution is 0.0527. The number of nitrogens with one attached hydrogen (secondary N) is 1. The number of hydrogen-bond donors (Lipinski definition) is 1. The molecule has 96 valence electrons. The fourth-order valence-electron chi connectivity index (χ4n) is 1.09. The Morgan fingerprint density at radius 3 is 2.56 bits per heavy atom. The van der Waals surface area contributed by atoms with E-state index >= 15 is 0 Å². The molecule has 0 bridgehead atoms. The third-order valence-corrected chi connectivity index (χ3v) is 3.27. The van der Waals surface area contributed by atoms with Crippen molar-refractivity contribution in [1.29, 1.82) is 0 Å². The molecule has 0 aromatic rings. The highest BCUT2D eigenvalue weighted by Gasteiger charge is 2.15. The number of ether oxygens (including phenoxy) is 1. The van der Waals surface area contributed by atoms with E-state index in [1.807, 2.05) is 32.5 Å². The lowest BCUT2D eigenvalue weighted by atomic mass is 10.2. The average Bonchev–Trinajstić information content (AvgIpc) is 2.11. The van der Waals surface area contributed by atoms with Crippen LogP contribution < -0.4 is 5.32 Å². The second-order valence-electron chi connectivity index (χ2n) is 4.90. The van der Waals surface area contributed by atoms with Crippen LogP contribution in [-0.4, -0.2) is 29.2 Å². The van der Waals surface area contributed by atoms with Gasteiger partial charge in [-0.05, 0) is 39.4 Å². The lowest BCUT2D eigenvalue weighted by Crippen LogP contribution is -2.33. The van der Waals surface area contributed by atoms with Crippen molar-refractivity contribution in [3.05, 3.63) is 0 Å². The van der Waals surface area contributed by atoms with Gasteiger partial charge in [0.25, 0.3) is 0 Å². The van der Waals surface area contributed by atoms with E-state index in [4.69, 9.17) is 4.74 Å². The second kappa shape index (κ2) is 7.82. The number of hydrogen-bond acceptors (Lipinski definition) is 3. The molecule has 0 aliphatic heterocycles. The summed E-state index contributed by atoms with van der Waals surface area (Å²) >= 11 is 1.95. The third kappa shape index (κ3) is 10.1. The molecule has 4 heteroatoms. The van der Waals surface area contributed by atoms with Crippen molar-refractivity contribution in [3.63, 3.8) is 0 Å². The van der Waals surface area contributed by atoms with Crippen molar-refractivity contribution in [3.8, 4) is 0 Å². The Hall–Kier alpha value is -0.380. The first kappa shape index (κ1) is 15.6. The molecule has 1 N–H and O–H groups in total. The van der Waals surface area contributed by atoms with Gasteiger partial charge in [-0.1, -0.05) is 13.8 Å². The zero-order chi connectivity index (χ0) is 12.6. The molecule has 1 amide bonds. The fourth-order valence-corrected chi connectivity index (χ4v) is 2.02. The summed E-state index contributed by atoms with van der Waals surface area (Å²) in [5.74, 6) is 1.19. The molecule has 16 heavy (non-hydrogen) atoms. The Morgan fingerprint density at radius 1 is 1.44 bits per heavy atom. The summed E-state index contributed by atoms with van der Waals surface area (Å²) in [6.07, 6.45) is 1.87. The van der Waals surface area contributed by atoms with Crippen molar-refractivity contribution >= 4 is 17.9 Å². The minimum absolute atomic E-state index is 0.319. The zero-order valence-electron chi connectivity index (χ0n) is 11.1. The summed E-state index contributed by atoms with van der Waals surface area (Å²) in [7, 11) is 0. The monoisotopic (exact) mass is 247 g/mol. The predicted molar refractivity (Wildman–Crippen MR) is 71.1 cm³/mol. The van der Waals surface area contributed by atoms with E-state index in [0.717, 1.165) is 6.42 Å². The van der Waals surface area contributed by atoms with E-state index in [2.05, 4.69) is 19.2 Å². The normalized spacial score (nSPS) is 13.3. The zero-order valence-corrected chi connectivity index (χ0v) is 11.9. The van der Waals surface area contributed by atoms with Crippen LogP contribution in [0.5, 0.6) is 0 Å². The number of rotatable bonds is 6. The van der Waals surface area contributed by atoms with E-state index < -0.39 is 5.60 Å². The van der Waals surface area contributed by atoms with Crippen molar-refractivity contribution in [1.82, 2.24) is 5.32 Å². The van der Waals surface area contributed by atoms with Crippen LogP contribution in [-0.2, 0) is 4.74 Å². The largest absolute Gasteiger partial charge is 0.444 e. The Balaban J connectivity index is 3.54. The Kier molecular flexibility index (Phi) is 7.64. The topological polar surface area (TPSA) is 38.3 Å². The highest BCUT2D eigenvalue weighted by atomic mass is 32.2. The first-order chi connectivity index (χ1) is 7.35. The molecule has 0 aliphatic rings.